The summed E-state index contributed by atoms with van der Waals surface area (Å²) >= 11 is 0. The summed E-state index contributed by atoms with van der Waals surface area (Å²) in [5, 5.41) is 3.70. The molecule has 1 saturated carbocycles. The highest BCUT2D eigenvalue weighted by Gasteiger charge is 2.25. The molecule has 1 aliphatic carbocycles. The normalized spacial score (nSPS) is 30.5. The molecule has 3 nitrogen and oxygen atoms in total. The molecule has 2 aliphatic rings. The molecule has 3 heteroatoms. The molecule has 1 aromatic heterocycles. The van der Waals surface area contributed by atoms with Crippen molar-refractivity contribution in [1.29, 1.82) is 0 Å². The molecule has 0 spiro atoms. The molecule has 0 aromatic carbocycles. The van der Waals surface area contributed by atoms with E-state index < -0.39 is 0 Å². The van der Waals surface area contributed by atoms with Crippen LogP contribution in [0.15, 0.2) is 18.3 Å². The molecule has 1 aromatic rings. The second-order valence-electron chi connectivity index (χ2n) is 6.75. The van der Waals surface area contributed by atoms with Gasteiger partial charge in [-0.1, -0.05) is 20.3 Å². The van der Waals surface area contributed by atoms with E-state index in [-0.39, 0.29) is 0 Å². The largest absolute Gasteiger partial charge is 0.381 e. The smallest absolute Gasteiger partial charge is 0.128 e. The van der Waals surface area contributed by atoms with Crippen LogP contribution in [-0.2, 0) is 0 Å². The number of nitrogens with zero attached hydrogens (tertiary/aromatic N) is 2. The standard InChI is InChI=1S/C17H27N3/c1-13-5-6-14(2)16(11-13)19-15-7-8-17(18-12-15)20-9-3-4-10-20/h7-8,12-14,16,19H,3-6,9-11H2,1-2H3. The summed E-state index contributed by atoms with van der Waals surface area (Å²) in [6.07, 6.45) is 8.64. The van der Waals surface area contributed by atoms with E-state index in [1.54, 1.807) is 0 Å². The fourth-order valence-electron chi connectivity index (χ4n) is 3.55. The zero-order chi connectivity index (χ0) is 13.9. The average Bonchev–Trinajstić information content (AvgIpc) is 2.98. The van der Waals surface area contributed by atoms with E-state index in [2.05, 4.69) is 41.2 Å². The van der Waals surface area contributed by atoms with Gasteiger partial charge in [0.25, 0.3) is 0 Å². The Morgan fingerprint density at radius 1 is 1.15 bits per heavy atom. The van der Waals surface area contributed by atoms with Gasteiger partial charge in [0.15, 0.2) is 0 Å². The van der Waals surface area contributed by atoms with Gasteiger partial charge in [0.05, 0.1) is 11.9 Å². The SMILES string of the molecule is CC1CCC(C)C(Nc2ccc(N3CCCC3)nc2)C1. The molecule has 1 N–H and O–H groups in total. The van der Waals surface area contributed by atoms with Crippen molar-refractivity contribution in [3.8, 4) is 0 Å². The van der Waals surface area contributed by atoms with E-state index in [1.165, 1.54) is 37.8 Å². The molecule has 110 valence electrons. The highest BCUT2D eigenvalue weighted by Crippen LogP contribution is 2.30. The topological polar surface area (TPSA) is 28.2 Å². The van der Waals surface area contributed by atoms with Crippen LogP contribution >= 0.6 is 0 Å². The highest BCUT2D eigenvalue weighted by atomic mass is 15.2. The van der Waals surface area contributed by atoms with Gasteiger partial charge in [-0.05, 0) is 49.7 Å². The maximum Gasteiger partial charge on any atom is 0.128 e. The molecule has 2 fully saturated rings. The monoisotopic (exact) mass is 273 g/mol. The number of hydrogen-bond acceptors (Lipinski definition) is 3. The molecular formula is C17H27N3. The number of anilines is 2. The van der Waals surface area contributed by atoms with Crippen LogP contribution in [0.2, 0.25) is 0 Å². The van der Waals surface area contributed by atoms with Crippen LogP contribution in [-0.4, -0.2) is 24.1 Å². The molecule has 3 unspecified atom stereocenters. The van der Waals surface area contributed by atoms with E-state index in [1.807, 2.05) is 6.20 Å². The van der Waals surface area contributed by atoms with Gasteiger partial charge in [0.2, 0.25) is 0 Å². The Labute approximate surface area is 122 Å². The molecule has 20 heavy (non-hydrogen) atoms. The van der Waals surface area contributed by atoms with Gasteiger partial charge in [-0.25, -0.2) is 4.98 Å². The first-order valence-corrected chi connectivity index (χ1v) is 8.20. The van der Waals surface area contributed by atoms with Gasteiger partial charge < -0.3 is 10.2 Å². The Balaban J connectivity index is 1.62. The van der Waals surface area contributed by atoms with Gasteiger partial charge in [-0.15, -0.1) is 0 Å². The van der Waals surface area contributed by atoms with Crippen molar-refractivity contribution in [2.75, 3.05) is 23.3 Å². The lowest BCUT2D eigenvalue weighted by Crippen LogP contribution is -2.33. The molecule has 1 saturated heterocycles. The quantitative estimate of drug-likeness (QED) is 0.904. The minimum atomic E-state index is 0.609. The second-order valence-corrected chi connectivity index (χ2v) is 6.75. The van der Waals surface area contributed by atoms with E-state index in [9.17, 15) is 0 Å². The van der Waals surface area contributed by atoms with E-state index in [0.717, 1.165) is 30.7 Å². The number of aromatic nitrogens is 1. The first kappa shape index (κ1) is 13.7. The fraction of sp³-hybridized carbons (Fsp3) is 0.706. The molecule has 0 radical (unpaired) electrons. The predicted octanol–water partition coefficient (Wildman–Crippen LogP) is 3.92. The third kappa shape index (κ3) is 3.08. The molecule has 0 amide bonds. The van der Waals surface area contributed by atoms with Crippen molar-refractivity contribution in [2.24, 2.45) is 11.8 Å². The minimum absolute atomic E-state index is 0.609. The molecule has 3 rings (SSSR count). The van der Waals surface area contributed by atoms with Crippen molar-refractivity contribution in [3.05, 3.63) is 18.3 Å². The van der Waals surface area contributed by atoms with Crippen LogP contribution in [0, 0.1) is 11.8 Å². The third-order valence-electron chi connectivity index (χ3n) is 4.99. The lowest BCUT2D eigenvalue weighted by molar-refractivity contribution is 0.280. The van der Waals surface area contributed by atoms with Crippen LogP contribution in [0.3, 0.4) is 0 Å². The summed E-state index contributed by atoms with van der Waals surface area (Å²) in [5.74, 6) is 2.75. The molecule has 0 bridgehead atoms. The Hall–Kier alpha value is -1.25. The predicted molar refractivity (Wildman–Crippen MR) is 85.3 cm³/mol. The van der Waals surface area contributed by atoms with Gasteiger partial charge in [-0.2, -0.15) is 0 Å². The Morgan fingerprint density at radius 3 is 2.65 bits per heavy atom. The first-order chi connectivity index (χ1) is 9.72. The number of nitrogens with one attached hydrogen (secondary N) is 1. The summed E-state index contributed by atoms with van der Waals surface area (Å²) in [6, 6.07) is 4.98. The Bertz CT molecular complexity index is 422. The molecule has 2 heterocycles. The maximum atomic E-state index is 4.63. The summed E-state index contributed by atoms with van der Waals surface area (Å²) in [5.41, 5.74) is 1.18. The summed E-state index contributed by atoms with van der Waals surface area (Å²) in [7, 11) is 0. The minimum Gasteiger partial charge on any atom is -0.381 e. The molecular weight excluding hydrogens is 246 g/mol. The van der Waals surface area contributed by atoms with Crippen molar-refractivity contribution in [1.82, 2.24) is 4.98 Å². The summed E-state index contributed by atoms with van der Waals surface area (Å²) in [4.78, 5) is 7.02. The fourth-order valence-corrected chi connectivity index (χ4v) is 3.55. The van der Waals surface area contributed by atoms with Gasteiger partial charge >= 0.3 is 0 Å². The third-order valence-corrected chi connectivity index (χ3v) is 4.99. The van der Waals surface area contributed by atoms with Crippen molar-refractivity contribution in [3.63, 3.8) is 0 Å². The van der Waals surface area contributed by atoms with Crippen LogP contribution in [0.5, 0.6) is 0 Å². The van der Waals surface area contributed by atoms with Gasteiger partial charge in [-0.3, -0.25) is 0 Å². The highest BCUT2D eigenvalue weighted by molar-refractivity contribution is 5.49. The summed E-state index contributed by atoms with van der Waals surface area (Å²) in [6.45, 7) is 7.07. The zero-order valence-corrected chi connectivity index (χ0v) is 12.8. The maximum absolute atomic E-state index is 4.63. The number of rotatable bonds is 3. The molecule has 1 aliphatic heterocycles. The average molecular weight is 273 g/mol. The van der Waals surface area contributed by atoms with E-state index in [0.29, 0.717) is 6.04 Å². The zero-order valence-electron chi connectivity index (χ0n) is 12.8. The van der Waals surface area contributed by atoms with Crippen LogP contribution in [0.1, 0.15) is 46.0 Å². The van der Waals surface area contributed by atoms with Crippen molar-refractivity contribution < 1.29 is 0 Å². The van der Waals surface area contributed by atoms with Gasteiger partial charge in [0, 0.05) is 19.1 Å². The van der Waals surface area contributed by atoms with Crippen LogP contribution in [0.4, 0.5) is 11.5 Å². The van der Waals surface area contributed by atoms with E-state index in [4.69, 9.17) is 0 Å². The van der Waals surface area contributed by atoms with Crippen LogP contribution < -0.4 is 10.2 Å². The lowest BCUT2D eigenvalue weighted by Gasteiger charge is -2.34. The number of pyridine rings is 1. The van der Waals surface area contributed by atoms with E-state index >= 15 is 0 Å². The Kier molecular flexibility index (Phi) is 4.13. The van der Waals surface area contributed by atoms with Gasteiger partial charge in [0.1, 0.15) is 5.82 Å². The van der Waals surface area contributed by atoms with Crippen molar-refractivity contribution in [2.45, 2.75) is 52.0 Å². The second kappa shape index (κ2) is 6.02. The molecule has 3 atom stereocenters. The lowest BCUT2D eigenvalue weighted by atomic mass is 9.80. The summed E-state index contributed by atoms with van der Waals surface area (Å²) < 4.78 is 0. The number of hydrogen-bond donors (Lipinski definition) is 1. The Morgan fingerprint density at radius 2 is 1.95 bits per heavy atom. The van der Waals surface area contributed by atoms with Crippen LogP contribution in [0.25, 0.3) is 0 Å². The first-order valence-electron chi connectivity index (χ1n) is 8.20. The van der Waals surface area contributed by atoms with Crippen molar-refractivity contribution >= 4 is 11.5 Å².